The van der Waals surface area contributed by atoms with Crippen LogP contribution >= 0.6 is 11.8 Å². The molecule has 0 spiro atoms. The molecule has 0 aliphatic heterocycles. The SMILES string of the molecule is O=c1cc(CSc2ccccc2)[nH]n1-c1cnccn1. The summed E-state index contributed by atoms with van der Waals surface area (Å²) in [6.07, 6.45) is 4.68. The fourth-order valence-electron chi connectivity index (χ4n) is 1.77. The van der Waals surface area contributed by atoms with Gasteiger partial charge in [-0.1, -0.05) is 18.2 Å². The molecule has 0 saturated carbocycles. The molecular formula is C14H12N4OS. The number of nitrogens with one attached hydrogen (secondary N) is 1. The van der Waals surface area contributed by atoms with E-state index in [1.165, 1.54) is 9.58 Å². The van der Waals surface area contributed by atoms with Crippen molar-refractivity contribution in [1.29, 1.82) is 0 Å². The number of aromatic nitrogens is 4. The van der Waals surface area contributed by atoms with Crippen LogP contribution in [0.2, 0.25) is 0 Å². The van der Waals surface area contributed by atoms with Crippen molar-refractivity contribution >= 4 is 11.8 Å². The molecule has 3 rings (SSSR count). The van der Waals surface area contributed by atoms with Gasteiger partial charge in [0, 0.05) is 34.8 Å². The molecule has 6 heteroatoms. The lowest BCUT2D eigenvalue weighted by Crippen LogP contribution is -2.14. The normalized spacial score (nSPS) is 10.6. The predicted molar refractivity (Wildman–Crippen MR) is 78.0 cm³/mol. The maximum Gasteiger partial charge on any atom is 0.272 e. The second-order valence-electron chi connectivity index (χ2n) is 4.12. The third kappa shape index (κ3) is 2.80. The highest BCUT2D eigenvalue weighted by molar-refractivity contribution is 7.98. The first kappa shape index (κ1) is 12.7. The van der Waals surface area contributed by atoms with E-state index < -0.39 is 0 Å². The maximum absolute atomic E-state index is 11.9. The number of rotatable bonds is 4. The van der Waals surface area contributed by atoms with E-state index in [1.54, 1.807) is 36.4 Å². The second-order valence-corrected chi connectivity index (χ2v) is 5.17. The Kier molecular flexibility index (Phi) is 3.64. The molecule has 2 aromatic heterocycles. The summed E-state index contributed by atoms with van der Waals surface area (Å²) < 4.78 is 1.40. The van der Waals surface area contributed by atoms with Crippen LogP contribution in [0.4, 0.5) is 0 Å². The van der Waals surface area contributed by atoms with Crippen molar-refractivity contribution in [2.45, 2.75) is 10.6 Å². The summed E-state index contributed by atoms with van der Waals surface area (Å²) in [7, 11) is 0. The van der Waals surface area contributed by atoms with E-state index in [4.69, 9.17) is 0 Å². The first-order chi connectivity index (χ1) is 9.83. The number of hydrogen-bond acceptors (Lipinski definition) is 4. The molecule has 0 saturated heterocycles. The van der Waals surface area contributed by atoms with Crippen molar-refractivity contribution in [2.75, 3.05) is 0 Å². The number of benzene rings is 1. The van der Waals surface area contributed by atoms with Gasteiger partial charge in [0.15, 0.2) is 5.82 Å². The number of aromatic amines is 1. The first-order valence-corrected chi connectivity index (χ1v) is 7.07. The van der Waals surface area contributed by atoms with E-state index in [9.17, 15) is 4.79 Å². The second kappa shape index (κ2) is 5.75. The number of hydrogen-bond donors (Lipinski definition) is 1. The molecule has 0 aliphatic carbocycles. The van der Waals surface area contributed by atoms with Gasteiger partial charge in [-0.05, 0) is 12.1 Å². The number of H-pyrrole nitrogens is 1. The Morgan fingerprint density at radius 1 is 1.20 bits per heavy atom. The Hall–Kier alpha value is -2.34. The molecule has 0 unspecified atom stereocenters. The lowest BCUT2D eigenvalue weighted by atomic mass is 10.4. The van der Waals surface area contributed by atoms with Gasteiger partial charge in [0.2, 0.25) is 0 Å². The minimum atomic E-state index is -0.130. The molecule has 3 aromatic rings. The van der Waals surface area contributed by atoms with Crippen LogP contribution in [0.3, 0.4) is 0 Å². The standard InChI is InChI=1S/C14H12N4OS/c19-14-8-11(10-20-12-4-2-1-3-5-12)17-18(14)13-9-15-6-7-16-13/h1-9,17H,10H2. The van der Waals surface area contributed by atoms with Crippen LogP contribution in [0.5, 0.6) is 0 Å². The maximum atomic E-state index is 11.9. The molecule has 0 aliphatic rings. The molecule has 0 radical (unpaired) electrons. The molecule has 0 fully saturated rings. The molecule has 1 aromatic carbocycles. The Bertz CT molecular complexity index is 737. The van der Waals surface area contributed by atoms with Crippen LogP contribution < -0.4 is 5.56 Å². The third-order valence-corrected chi connectivity index (χ3v) is 3.75. The van der Waals surface area contributed by atoms with Gasteiger partial charge in [-0.25, -0.2) is 4.98 Å². The van der Waals surface area contributed by atoms with Gasteiger partial charge in [0.1, 0.15) is 0 Å². The molecule has 2 heterocycles. The van der Waals surface area contributed by atoms with Gasteiger partial charge in [-0.15, -0.1) is 11.8 Å². The largest absolute Gasteiger partial charge is 0.293 e. The summed E-state index contributed by atoms with van der Waals surface area (Å²) in [5.41, 5.74) is 0.726. The molecule has 0 atom stereocenters. The summed E-state index contributed by atoms with van der Waals surface area (Å²) in [5.74, 6) is 1.19. The molecule has 0 bridgehead atoms. The fourth-order valence-corrected chi connectivity index (χ4v) is 2.59. The summed E-state index contributed by atoms with van der Waals surface area (Å²) in [6, 6.07) is 11.7. The lowest BCUT2D eigenvalue weighted by molar-refractivity contribution is 0.798. The average Bonchev–Trinajstić information content (AvgIpc) is 2.88. The van der Waals surface area contributed by atoms with Crippen LogP contribution in [0.1, 0.15) is 5.69 Å². The van der Waals surface area contributed by atoms with Crippen molar-refractivity contribution in [3.8, 4) is 5.82 Å². The van der Waals surface area contributed by atoms with Gasteiger partial charge in [-0.2, -0.15) is 4.68 Å². The van der Waals surface area contributed by atoms with E-state index in [1.807, 2.05) is 30.3 Å². The van der Waals surface area contributed by atoms with Crippen LogP contribution in [-0.4, -0.2) is 19.7 Å². The minimum Gasteiger partial charge on any atom is -0.293 e. The fraction of sp³-hybridized carbons (Fsp3) is 0.0714. The predicted octanol–water partition coefficient (Wildman–Crippen LogP) is 2.25. The average molecular weight is 284 g/mol. The Morgan fingerprint density at radius 3 is 2.80 bits per heavy atom. The zero-order chi connectivity index (χ0) is 13.8. The first-order valence-electron chi connectivity index (χ1n) is 6.08. The Labute approximate surface area is 119 Å². The van der Waals surface area contributed by atoms with Crippen molar-refractivity contribution in [3.63, 3.8) is 0 Å². The lowest BCUT2D eigenvalue weighted by Gasteiger charge is -2.00. The highest BCUT2D eigenvalue weighted by atomic mass is 32.2. The highest BCUT2D eigenvalue weighted by Gasteiger charge is 2.06. The van der Waals surface area contributed by atoms with Crippen molar-refractivity contribution < 1.29 is 0 Å². The summed E-state index contributed by atoms with van der Waals surface area (Å²) in [4.78, 5) is 21.1. The molecule has 100 valence electrons. The highest BCUT2D eigenvalue weighted by Crippen LogP contribution is 2.20. The smallest absolute Gasteiger partial charge is 0.272 e. The van der Waals surface area contributed by atoms with Gasteiger partial charge >= 0.3 is 0 Å². The van der Waals surface area contributed by atoms with E-state index >= 15 is 0 Å². The van der Waals surface area contributed by atoms with Crippen molar-refractivity contribution in [3.05, 3.63) is 71.0 Å². The van der Waals surface area contributed by atoms with E-state index in [0.717, 1.165) is 5.69 Å². The summed E-state index contributed by atoms with van der Waals surface area (Å²) in [6.45, 7) is 0. The molecular weight excluding hydrogens is 272 g/mol. The van der Waals surface area contributed by atoms with Gasteiger partial charge < -0.3 is 0 Å². The summed E-state index contributed by atoms with van der Waals surface area (Å²) >= 11 is 1.67. The van der Waals surface area contributed by atoms with Gasteiger partial charge in [0.05, 0.1) is 6.20 Å². The van der Waals surface area contributed by atoms with E-state index in [2.05, 4.69) is 15.1 Å². The molecule has 20 heavy (non-hydrogen) atoms. The quantitative estimate of drug-likeness (QED) is 0.746. The zero-order valence-electron chi connectivity index (χ0n) is 10.6. The van der Waals surface area contributed by atoms with Gasteiger partial charge in [-0.3, -0.25) is 14.9 Å². The monoisotopic (exact) mass is 284 g/mol. The van der Waals surface area contributed by atoms with E-state index in [-0.39, 0.29) is 5.56 Å². The van der Waals surface area contributed by atoms with Crippen molar-refractivity contribution in [2.24, 2.45) is 0 Å². The van der Waals surface area contributed by atoms with E-state index in [0.29, 0.717) is 11.6 Å². The topological polar surface area (TPSA) is 63.6 Å². The van der Waals surface area contributed by atoms with Gasteiger partial charge in [0.25, 0.3) is 5.56 Å². The molecule has 0 amide bonds. The van der Waals surface area contributed by atoms with Crippen LogP contribution in [0.25, 0.3) is 5.82 Å². The Balaban J connectivity index is 1.78. The number of nitrogens with zero attached hydrogens (tertiary/aromatic N) is 3. The van der Waals surface area contributed by atoms with Crippen LogP contribution in [-0.2, 0) is 5.75 Å². The van der Waals surface area contributed by atoms with Crippen molar-refractivity contribution in [1.82, 2.24) is 19.7 Å². The minimum absolute atomic E-state index is 0.130. The molecule has 1 N–H and O–H groups in total. The zero-order valence-corrected chi connectivity index (χ0v) is 11.4. The van der Waals surface area contributed by atoms with Crippen LogP contribution in [0, 0.1) is 0 Å². The van der Waals surface area contributed by atoms with Crippen LogP contribution in [0.15, 0.2) is 64.7 Å². The Morgan fingerprint density at radius 2 is 2.05 bits per heavy atom. The number of thioether (sulfide) groups is 1. The third-order valence-electron chi connectivity index (χ3n) is 2.69. The molecule has 5 nitrogen and oxygen atoms in total. The summed E-state index contributed by atoms with van der Waals surface area (Å²) in [5, 5.41) is 3.05.